The zero-order chi connectivity index (χ0) is 83.5. The first kappa shape index (κ1) is 83.8. The fourth-order valence-electron chi connectivity index (χ4n) is 11.1. The van der Waals surface area contributed by atoms with Crippen LogP contribution in [0, 0.1) is 27.7 Å². The lowest BCUT2D eigenvalue weighted by molar-refractivity contribution is 0.415. The minimum atomic E-state index is 0.345. The summed E-state index contributed by atoms with van der Waals surface area (Å²) >= 11 is 36.5. The molecule has 0 aliphatic rings. The average molecular weight is 1710 g/mol. The predicted molar refractivity (Wildman–Crippen MR) is 492 cm³/mol. The number of methoxy groups -OCH3 is 1. The number of hydrogen-bond acceptors (Lipinski definition) is 25. The van der Waals surface area contributed by atoms with Gasteiger partial charge in [-0.2, -0.15) is 59.8 Å². The molecule has 0 atom stereocenters. The number of aryl methyl sites for hydroxylation is 4. The molecule has 0 saturated carbocycles. The van der Waals surface area contributed by atoms with Crippen LogP contribution >= 0.6 is 69.6 Å². The summed E-state index contributed by atoms with van der Waals surface area (Å²) in [4.78, 5) is 53.9. The molecule has 31 heteroatoms. The molecule has 600 valence electrons. The van der Waals surface area contributed by atoms with Crippen molar-refractivity contribution in [2.45, 2.75) is 27.7 Å². The summed E-state index contributed by atoms with van der Waals surface area (Å²) in [6.45, 7) is 8.17. The van der Waals surface area contributed by atoms with Crippen molar-refractivity contribution in [1.29, 1.82) is 0 Å². The van der Waals surface area contributed by atoms with E-state index in [0.29, 0.717) is 102 Å². The normalized spacial score (nSPS) is 10.5. The summed E-state index contributed by atoms with van der Waals surface area (Å²) in [5, 5.41) is 42.1. The van der Waals surface area contributed by atoms with Gasteiger partial charge < -0.3 is 68.5 Å². The van der Waals surface area contributed by atoms with E-state index in [2.05, 4.69) is 137 Å². The summed E-state index contributed by atoms with van der Waals surface area (Å²) in [7, 11) is 1.62. The highest BCUT2D eigenvalue weighted by Crippen LogP contribution is 2.31. The number of aromatic nitrogens is 12. The van der Waals surface area contributed by atoms with Crippen LogP contribution in [0.25, 0.3) is 0 Å². The number of anilines is 24. The zero-order valence-electron chi connectivity index (χ0n) is 64.8. The van der Waals surface area contributed by atoms with Gasteiger partial charge in [-0.15, -0.1) is 0 Å². The fourth-order valence-corrected chi connectivity index (χ4v) is 12.2. The van der Waals surface area contributed by atoms with E-state index >= 15 is 0 Å². The Bertz CT molecular complexity index is 5870. The molecule has 0 saturated heterocycles. The molecule has 16 aromatic rings. The third kappa shape index (κ3) is 26.4. The number of nitrogens with one attached hydrogen (secondary N) is 12. The minimum absolute atomic E-state index is 0.345. The molecule has 0 spiro atoms. The molecule has 12 N–H and O–H groups in total. The van der Waals surface area contributed by atoms with Gasteiger partial charge in [-0.1, -0.05) is 190 Å². The van der Waals surface area contributed by atoms with Crippen LogP contribution in [-0.2, 0) is 0 Å². The Hall–Kier alpha value is -14.2. The van der Waals surface area contributed by atoms with Gasteiger partial charge in [0.2, 0.25) is 71.4 Å². The molecule has 120 heavy (non-hydrogen) atoms. The van der Waals surface area contributed by atoms with Crippen molar-refractivity contribution < 1.29 is 4.74 Å². The molecule has 0 fully saturated rings. The maximum atomic E-state index is 6.09. The minimum Gasteiger partial charge on any atom is -0.497 e. The van der Waals surface area contributed by atoms with Crippen LogP contribution in [0.4, 0.5) is 140 Å². The topological polar surface area (TPSA) is 308 Å². The molecule has 4 heterocycles. The van der Waals surface area contributed by atoms with Crippen LogP contribution in [0.15, 0.2) is 297 Å². The summed E-state index contributed by atoms with van der Waals surface area (Å²) < 4.78 is 5.20. The van der Waals surface area contributed by atoms with Crippen LogP contribution in [0.2, 0.25) is 30.1 Å². The van der Waals surface area contributed by atoms with E-state index in [-0.39, 0.29) is 0 Å². The molecule has 0 aliphatic heterocycles. The van der Waals surface area contributed by atoms with E-state index in [4.69, 9.17) is 74.3 Å². The second kappa shape index (κ2) is 41.6. The van der Waals surface area contributed by atoms with E-state index in [1.807, 2.05) is 239 Å². The summed E-state index contributed by atoms with van der Waals surface area (Å²) in [6.07, 6.45) is 0. The lowest BCUT2D eigenvalue weighted by Gasteiger charge is -2.13. The molecule has 16 rings (SSSR count). The van der Waals surface area contributed by atoms with Crippen molar-refractivity contribution in [1.82, 2.24) is 59.8 Å². The number of ether oxygens (including phenoxy) is 1. The second-order valence-corrected chi connectivity index (χ2v) is 28.9. The number of rotatable bonds is 25. The van der Waals surface area contributed by atoms with Crippen molar-refractivity contribution in [2.24, 2.45) is 0 Å². The Labute approximate surface area is 722 Å². The molecule has 4 aromatic heterocycles. The highest BCUT2D eigenvalue weighted by molar-refractivity contribution is 6.32. The Morgan fingerprint density at radius 2 is 0.408 bits per heavy atom. The van der Waals surface area contributed by atoms with Gasteiger partial charge in [0.1, 0.15) is 5.75 Å². The van der Waals surface area contributed by atoms with E-state index < -0.39 is 0 Å². The second-order valence-electron chi connectivity index (χ2n) is 26.2. The standard InChI is InChI=1S/C24H24N6.C22H18Cl2N6O.C22H18Cl2N6.C21H16Cl2N6/c1-16-9-8-12-19(15-16)25-22-28-23(26-20-13-6-4-10-17(20)2)30-24(29-22)27-21-14-7-5-11-18(21)3;1-31-19-10-8-16(9-11-19)25-20-28-21(26-17-6-2-4-14(23)12-17)30-22(29-20)27-18-7-3-5-15(24)13-18;1-14-8-10-17(11-9-14)25-20-28-21(26-18-6-2-4-15(23)12-18)30-22(29-20)27-19-7-3-5-16(24)13-19;22-14-6-4-10-17(12-14)25-20-27-19(24-16-8-2-1-3-9-16)28-21(29-20)26-18-11-5-7-15(23)13-18/h4-15H,1-3H3,(H3,25,26,27,28,29,30);2-13H,1H3,(H3,25,26,27,28,29,30);2-13H,1H3,(H3,25,26,27,28,29,30);1-13H,(H3,24,25,26,27,28,29). The molecular weight excluding hydrogens is 1630 g/mol. The van der Waals surface area contributed by atoms with Crippen molar-refractivity contribution in [2.75, 3.05) is 70.9 Å². The van der Waals surface area contributed by atoms with Gasteiger partial charge in [0, 0.05) is 98.4 Å². The smallest absolute Gasteiger partial charge is 0.233 e. The monoisotopic (exact) mass is 1710 g/mol. The van der Waals surface area contributed by atoms with Crippen LogP contribution in [-0.4, -0.2) is 66.9 Å². The predicted octanol–water partition coefficient (Wildman–Crippen LogP) is 25.6. The van der Waals surface area contributed by atoms with Crippen molar-refractivity contribution in [3.63, 3.8) is 0 Å². The number of para-hydroxylation sites is 3. The first-order valence-electron chi connectivity index (χ1n) is 37.1. The Morgan fingerprint density at radius 1 is 0.192 bits per heavy atom. The van der Waals surface area contributed by atoms with Gasteiger partial charge >= 0.3 is 0 Å². The van der Waals surface area contributed by atoms with E-state index in [0.717, 1.165) is 90.7 Å². The number of benzene rings is 12. The van der Waals surface area contributed by atoms with Crippen LogP contribution < -0.4 is 68.5 Å². The summed E-state index contributed by atoms with van der Waals surface area (Å²) in [5.41, 5.74) is 14.5. The van der Waals surface area contributed by atoms with Gasteiger partial charge in [0.25, 0.3) is 0 Å². The van der Waals surface area contributed by atoms with Gasteiger partial charge in [0.05, 0.1) is 7.11 Å². The first-order chi connectivity index (χ1) is 58.3. The SMILES string of the molecule is COc1ccc(Nc2nc(Nc3cccc(Cl)c3)nc(Nc3cccc(Cl)c3)n2)cc1.Cc1ccc(Nc2nc(Nc3cccc(Cl)c3)nc(Nc3cccc(Cl)c3)n2)cc1.Cc1cccc(Nc2nc(Nc3ccccc3C)nc(Nc3ccccc3C)n2)c1.Clc1cccc(Nc2nc(Nc3ccccc3)nc(Nc3cccc(Cl)c3)n2)c1. The molecule has 0 amide bonds. The largest absolute Gasteiger partial charge is 0.497 e. The Kier molecular flexibility index (Phi) is 29.0. The number of hydrogen-bond donors (Lipinski definition) is 12. The highest BCUT2D eigenvalue weighted by atomic mass is 35.5. The molecular formula is C89H76Cl6N24O. The van der Waals surface area contributed by atoms with Crippen molar-refractivity contribution in [3.05, 3.63) is 350 Å². The third-order valence-corrected chi connectivity index (χ3v) is 18.2. The fraction of sp³-hybridized carbons (Fsp3) is 0.0562. The average Bonchev–Trinajstić information content (AvgIpc) is 0.838. The van der Waals surface area contributed by atoms with Crippen molar-refractivity contribution >= 4 is 209 Å². The van der Waals surface area contributed by atoms with E-state index in [1.165, 1.54) is 5.56 Å². The quantitative estimate of drug-likeness (QED) is 0.0253. The number of nitrogens with zero attached hydrogens (tertiary/aromatic N) is 12. The van der Waals surface area contributed by atoms with Crippen LogP contribution in [0.3, 0.4) is 0 Å². The maximum Gasteiger partial charge on any atom is 0.233 e. The van der Waals surface area contributed by atoms with E-state index in [1.54, 1.807) is 79.9 Å². The Morgan fingerprint density at radius 3 is 0.667 bits per heavy atom. The molecule has 12 aromatic carbocycles. The molecule has 0 unspecified atom stereocenters. The van der Waals surface area contributed by atoms with Crippen molar-refractivity contribution in [3.8, 4) is 5.75 Å². The number of halogens is 6. The zero-order valence-corrected chi connectivity index (χ0v) is 69.4. The van der Waals surface area contributed by atoms with Crippen LogP contribution in [0.1, 0.15) is 22.3 Å². The first-order valence-corrected chi connectivity index (χ1v) is 39.3. The maximum absolute atomic E-state index is 6.09. The third-order valence-electron chi connectivity index (χ3n) is 16.8. The van der Waals surface area contributed by atoms with Gasteiger partial charge in [-0.25, -0.2) is 0 Å². The van der Waals surface area contributed by atoms with Gasteiger partial charge in [-0.05, 0) is 226 Å². The lowest BCUT2D eigenvalue weighted by Crippen LogP contribution is -2.08. The molecule has 25 nitrogen and oxygen atoms in total. The van der Waals surface area contributed by atoms with E-state index in [9.17, 15) is 0 Å². The Balaban J connectivity index is 0.000000138. The molecule has 0 aliphatic carbocycles. The highest BCUT2D eigenvalue weighted by Gasteiger charge is 2.16. The summed E-state index contributed by atoms with van der Waals surface area (Å²) in [6, 6.07) is 93.1. The lowest BCUT2D eigenvalue weighted by atomic mass is 10.2. The van der Waals surface area contributed by atoms with Gasteiger partial charge in [0.15, 0.2) is 0 Å². The molecule has 0 radical (unpaired) electrons. The van der Waals surface area contributed by atoms with Gasteiger partial charge in [-0.3, -0.25) is 0 Å². The van der Waals surface area contributed by atoms with Crippen LogP contribution in [0.5, 0.6) is 5.75 Å². The summed E-state index contributed by atoms with van der Waals surface area (Å²) in [5.74, 6) is 5.44. The molecule has 0 bridgehead atoms.